The first-order valence-electron chi connectivity index (χ1n) is 10.4. The molecule has 0 aliphatic carbocycles. The summed E-state index contributed by atoms with van der Waals surface area (Å²) in [5, 5.41) is 4.57. The van der Waals surface area contributed by atoms with Gasteiger partial charge in [0, 0.05) is 32.2 Å². The van der Waals surface area contributed by atoms with Crippen LogP contribution in [-0.2, 0) is 26.2 Å². The van der Waals surface area contributed by atoms with Crippen molar-refractivity contribution in [2.75, 3.05) is 0 Å². The first-order chi connectivity index (χ1) is 14.1. The average molecular weight is 410 g/mol. The molecule has 0 N–H and O–H groups in total. The van der Waals surface area contributed by atoms with Crippen LogP contribution >= 0.6 is 0 Å². The zero-order valence-corrected chi connectivity index (χ0v) is 18.9. The van der Waals surface area contributed by atoms with Crippen molar-refractivity contribution in [3.8, 4) is 0 Å². The van der Waals surface area contributed by atoms with Crippen LogP contribution < -0.4 is 0 Å². The molecule has 0 saturated carbocycles. The molecule has 1 aliphatic heterocycles. The van der Waals surface area contributed by atoms with Crippen molar-refractivity contribution in [3.63, 3.8) is 0 Å². The number of rotatable bonds is 7. The number of esters is 1. The smallest absolute Gasteiger partial charge is 0.305 e. The minimum atomic E-state index is -0.736. The maximum atomic E-state index is 11.5. The van der Waals surface area contributed by atoms with Crippen LogP contribution in [-0.4, -0.2) is 34.3 Å². The van der Waals surface area contributed by atoms with Crippen LogP contribution in [0, 0.1) is 6.92 Å². The molecule has 1 aliphatic rings. The molecular weight excluding hydrogens is 378 g/mol. The molecule has 1 aromatic heterocycles. The maximum absolute atomic E-state index is 11.5. The highest BCUT2D eigenvalue weighted by Crippen LogP contribution is 2.36. The van der Waals surface area contributed by atoms with E-state index in [-0.39, 0.29) is 17.4 Å². The summed E-state index contributed by atoms with van der Waals surface area (Å²) in [5.41, 5.74) is 5.04. The molecule has 0 amide bonds. The third kappa shape index (κ3) is 4.99. The zero-order chi connectivity index (χ0) is 22.1. The van der Waals surface area contributed by atoms with E-state index in [4.69, 9.17) is 9.47 Å². The van der Waals surface area contributed by atoms with Gasteiger partial charge in [0.25, 0.3) is 0 Å². The monoisotopic (exact) mass is 409 g/mol. The molecule has 2 heterocycles. The lowest BCUT2D eigenvalue weighted by atomic mass is 9.86. The highest BCUT2D eigenvalue weighted by molar-refractivity contribution is 6.03. The van der Waals surface area contributed by atoms with E-state index in [1.807, 2.05) is 30.8 Å². The summed E-state index contributed by atoms with van der Waals surface area (Å²) in [4.78, 5) is 15.9. The summed E-state index contributed by atoms with van der Waals surface area (Å²) in [6.07, 6.45) is 1.16. The number of carbonyl (C=O) groups is 1. The van der Waals surface area contributed by atoms with E-state index in [0.717, 1.165) is 22.5 Å². The van der Waals surface area contributed by atoms with Gasteiger partial charge in [0.15, 0.2) is 5.76 Å². The third-order valence-corrected chi connectivity index (χ3v) is 4.95. The van der Waals surface area contributed by atoms with E-state index in [9.17, 15) is 4.79 Å². The van der Waals surface area contributed by atoms with E-state index in [2.05, 4.69) is 55.1 Å². The predicted octanol–water partition coefficient (Wildman–Crippen LogP) is 4.76. The lowest BCUT2D eigenvalue weighted by molar-refractivity contribution is -0.161. The largest absolute Gasteiger partial charge is 0.452 e. The van der Waals surface area contributed by atoms with E-state index < -0.39 is 6.29 Å². The van der Waals surface area contributed by atoms with Crippen molar-refractivity contribution < 1.29 is 14.3 Å². The Hall–Kier alpha value is -2.89. The van der Waals surface area contributed by atoms with Gasteiger partial charge in [-0.1, -0.05) is 45.0 Å². The summed E-state index contributed by atoms with van der Waals surface area (Å²) < 4.78 is 13.4. The number of hydrogen-bond donors (Lipinski definition) is 0. The molecule has 2 atom stereocenters. The van der Waals surface area contributed by atoms with Crippen molar-refractivity contribution in [1.82, 2.24) is 9.78 Å². The first-order valence-corrected chi connectivity index (χ1v) is 10.4. The number of aromatic nitrogens is 2. The fourth-order valence-corrected chi connectivity index (χ4v) is 3.43. The summed E-state index contributed by atoms with van der Waals surface area (Å²) in [7, 11) is 0. The van der Waals surface area contributed by atoms with Gasteiger partial charge in [-0.05, 0) is 36.5 Å². The van der Waals surface area contributed by atoms with E-state index >= 15 is 0 Å². The standard InChI is InChI=1S/C24H31N3O3/c1-8-27-21(13-15(2)26-27)23(30-17(4)29-16(3)28)22(20-14-25-20)18-9-11-19(12-10-18)24(5,6)7/h9-14,17,20H,8H2,1-7H3/b23-22+. The molecule has 2 unspecified atom stereocenters. The van der Waals surface area contributed by atoms with Gasteiger partial charge in [-0.15, -0.1) is 0 Å². The summed E-state index contributed by atoms with van der Waals surface area (Å²) in [6, 6.07) is 10.4. The van der Waals surface area contributed by atoms with Gasteiger partial charge in [-0.3, -0.25) is 14.5 Å². The van der Waals surface area contributed by atoms with Gasteiger partial charge in [-0.25, -0.2) is 0 Å². The van der Waals surface area contributed by atoms with Gasteiger partial charge < -0.3 is 9.47 Å². The quantitative estimate of drug-likeness (QED) is 0.376. The topological polar surface area (TPSA) is 65.7 Å². The molecule has 1 aromatic carbocycles. The van der Waals surface area contributed by atoms with Crippen LogP contribution in [0.3, 0.4) is 0 Å². The Morgan fingerprint density at radius 3 is 2.33 bits per heavy atom. The molecule has 3 rings (SSSR count). The third-order valence-electron chi connectivity index (χ3n) is 4.95. The number of carbonyl (C=O) groups excluding carboxylic acids is 1. The lowest BCUT2D eigenvalue weighted by Crippen LogP contribution is -2.18. The number of ether oxygens (including phenoxy) is 2. The second-order valence-electron chi connectivity index (χ2n) is 8.59. The average Bonchev–Trinajstić information content (AvgIpc) is 3.41. The van der Waals surface area contributed by atoms with Crippen molar-refractivity contribution in [3.05, 3.63) is 52.8 Å². The normalized spacial score (nSPS) is 17.4. The fraction of sp³-hybridized carbons (Fsp3) is 0.458. The highest BCUT2D eigenvalue weighted by Gasteiger charge is 2.30. The van der Waals surface area contributed by atoms with Crippen molar-refractivity contribution in [2.45, 2.75) is 72.8 Å². The predicted molar refractivity (Wildman–Crippen MR) is 119 cm³/mol. The second kappa shape index (κ2) is 8.46. The Kier molecular flexibility index (Phi) is 6.15. The minimum absolute atomic E-state index is 0.0643. The number of nitrogens with zero attached hydrogens (tertiary/aromatic N) is 3. The molecule has 30 heavy (non-hydrogen) atoms. The fourth-order valence-electron chi connectivity index (χ4n) is 3.43. The van der Waals surface area contributed by atoms with Crippen molar-refractivity contribution >= 4 is 23.5 Å². The number of aliphatic imine (C=N–C) groups is 1. The number of aryl methyl sites for hydroxylation is 2. The van der Waals surface area contributed by atoms with Crippen LogP contribution in [0.15, 0.2) is 35.3 Å². The maximum Gasteiger partial charge on any atom is 0.305 e. The van der Waals surface area contributed by atoms with E-state index in [1.54, 1.807) is 6.92 Å². The van der Waals surface area contributed by atoms with E-state index in [0.29, 0.717) is 12.3 Å². The summed E-state index contributed by atoms with van der Waals surface area (Å²) in [6.45, 7) is 14.4. The Balaban J connectivity index is 2.14. The molecule has 0 saturated heterocycles. The Labute approximate surface area is 178 Å². The van der Waals surface area contributed by atoms with Gasteiger partial charge in [0.1, 0.15) is 11.7 Å². The second-order valence-corrected chi connectivity index (χ2v) is 8.59. The van der Waals surface area contributed by atoms with Crippen LogP contribution in [0.25, 0.3) is 11.3 Å². The van der Waals surface area contributed by atoms with Crippen LogP contribution in [0.2, 0.25) is 0 Å². The molecule has 0 radical (unpaired) electrons. The Bertz CT molecular complexity index is 972. The van der Waals surface area contributed by atoms with Gasteiger partial charge >= 0.3 is 5.97 Å². The number of hydrogen-bond acceptors (Lipinski definition) is 5. The summed E-state index contributed by atoms with van der Waals surface area (Å²) >= 11 is 0. The van der Waals surface area contributed by atoms with Crippen molar-refractivity contribution in [2.24, 2.45) is 4.99 Å². The van der Waals surface area contributed by atoms with Crippen LogP contribution in [0.4, 0.5) is 0 Å². The van der Waals surface area contributed by atoms with Crippen LogP contribution in [0.5, 0.6) is 0 Å². The minimum Gasteiger partial charge on any atom is -0.452 e. The molecule has 2 aromatic rings. The Morgan fingerprint density at radius 1 is 1.20 bits per heavy atom. The lowest BCUT2D eigenvalue weighted by Gasteiger charge is -2.22. The Morgan fingerprint density at radius 2 is 1.83 bits per heavy atom. The molecule has 6 nitrogen and oxygen atoms in total. The number of benzene rings is 1. The van der Waals surface area contributed by atoms with Gasteiger partial charge in [-0.2, -0.15) is 5.10 Å². The van der Waals surface area contributed by atoms with Gasteiger partial charge in [0.2, 0.25) is 6.29 Å². The molecular formula is C24H31N3O3. The van der Waals surface area contributed by atoms with Crippen LogP contribution in [0.1, 0.15) is 64.1 Å². The van der Waals surface area contributed by atoms with Gasteiger partial charge in [0.05, 0.1) is 5.69 Å². The SMILES string of the molecule is CCn1nc(C)cc1/C(OC(C)OC(C)=O)=C(/c1ccc(C(C)(C)C)cc1)C1C=N1. The highest BCUT2D eigenvalue weighted by atomic mass is 16.7. The molecule has 160 valence electrons. The molecule has 0 bridgehead atoms. The molecule has 0 fully saturated rings. The summed E-state index contributed by atoms with van der Waals surface area (Å²) in [5.74, 6) is 0.248. The van der Waals surface area contributed by atoms with Crippen molar-refractivity contribution in [1.29, 1.82) is 0 Å². The zero-order valence-electron chi connectivity index (χ0n) is 18.9. The first kappa shape index (κ1) is 21.8. The molecule has 6 heteroatoms. The van der Waals surface area contributed by atoms with E-state index in [1.165, 1.54) is 12.5 Å². The molecule has 0 spiro atoms.